The first-order chi connectivity index (χ1) is 17.2. The molecule has 0 aliphatic rings. The second kappa shape index (κ2) is 14.6. The zero-order valence-corrected chi connectivity index (χ0v) is 21.2. The highest BCUT2D eigenvalue weighted by atomic mass is 16.5. The molecule has 0 aliphatic carbocycles. The Hall–Kier alpha value is -3.72. The number of carbonyl (C=O) groups excluding carboxylic acids is 4. The molecule has 9 nitrogen and oxygen atoms in total. The molecule has 36 heavy (non-hydrogen) atoms. The number of hydrogen-bond donors (Lipinski definition) is 3. The number of amides is 2. The van der Waals surface area contributed by atoms with Gasteiger partial charge in [0.15, 0.2) is 5.78 Å². The zero-order valence-electron chi connectivity index (χ0n) is 21.2. The van der Waals surface area contributed by atoms with Crippen molar-refractivity contribution in [2.75, 3.05) is 13.7 Å². The van der Waals surface area contributed by atoms with E-state index >= 15 is 0 Å². The number of alkyl carbamates (subject to hydrolysis) is 1. The maximum atomic E-state index is 13.0. The third-order valence-electron chi connectivity index (χ3n) is 5.56. The van der Waals surface area contributed by atoms with E-state index in [1.54, 1.807) is 6.92 Å². The third-order valence-corrected chi connectivity index (χ3v) is 5.56. The van der Waals surface area contributed by atoms with Crippen molar-refractivity contribution in [1.82, 2.24) is 16.0 Å². The summed E-state index contributed by atoms with van der Waals surface area (Å²) >= 11 is 0. The molecule has 0 fully saturated rings. The Morgan fingerprint density at radius 1 is 0.833 bits per heavy atom. The number of esters is 1. The van der Waals surface area contributed by atoms with E-state index in [1.165, 1.54) is 7.11 Å². The van der Waals surface area contributed by atoms with Crippen molar-refractivity contribution in [3.05, 3.63) is 71.8 Å². The van der Waals surface area contributed by atoms with Gasteiger partial charge in [0, 0.05) is 6.42 Å². The molecule has 2 aromatic carbocycles. The average Bonchev–Trinajstić information content (AvgIpc) is 2.87. The molecule has 0 aliphatic heterocycles. The van der Waals surface area contributed by atoms with Crippen molar-refractivity contribution in [1.29, 1.82) is 0 Å². The van der Waals surface area contributed by atoms with E-state index in [1.807, 2.05) is 74.5 Å². The van der Waals surface area contributed by atoms with Crippen LogP contribution in [0.15, 0.2) is 60.7 Å². The number of Topliss-reactive ketones (excluding diaryl/α,β-unsaturated/α-hetero) is 1. The number of rotatable bonds is 13. The van der Waals surface area contributed by atoms with Crippen molar-refractivity contribution in [2.24, 2.45) is 5.92 Å². The van der Waals surface area contributed by atoms with E-state index in [2.05, 4.69) is 16.0 Å². The maximum Gasteiger partial charge on any atom is 0.408 e. The van der Waals surface area contributed by atoms with Gasteiger partial charge < -0.3 is 20.1 Å². The monoisotopic (exact) mass is 497 g/mol. The number of ether oxygens (including phenoxy) is 2. The smallest absolute Gasteiger partial charge is 0.408 e. The van der Waals surface area contributed by atoms with Gasteiger partial charge in [-0.2, -0.15) is 0 Å². The van der Waals surface area contributed by atoms with Gasteiger partial charge in [0.2, 0.25) is 5.91 Å². The molecule has 0 saturated carbocycles. The molecule has 0 radical (unpaired) electrons. The van der Waals surface area contributed by atoms with Crippen molar-refractivity contribution >= 4 is 23.8 Å². The maximum absolute atomic E-state index is 13.0. The molecule has 0 saturated heterocycles. The van der Waals surface area contributed by atoms with E-state index in [0.29, 0.717) is 0 Å². The normalized spacial score (nSPS) is 13.2. The largest absolute Gasteiger partial charge is 0.467 e. The van der Waals surface area contributed by atoms with Crippen LogP contribution in [0.3, 0.4) is 0 Å². The van der Waals surface area contributed by atoms with Crippen LogP contribution in [-0.4, -0.2) is 55.5 Å². The minimum atomic E-state index is -0.872. The topological polar surface area (TPSA) is 123 Å². The summed E-state index contributed by atoms with van der Waals surface area (Å²) < 4.78 is 10.0. The lowest BCUT2D eigenvalue weighted by Crippen LogP contribution is -2.55. The number of benzene rings is 2. The van der Waals surface area contributed by atoms with Gasteiger partial charge in [-0.1, -0.05) is 74.5 Å². The summed E-state index contributed by atoms with van der Waals surface area (Å²) in [4.78, 5) is 49.9. The van der Waals surface area contributed by atoms with Crippen LogP contribution >= 0.6 is 0 Å². The standard InChI is InChI=1S/C27H35N3O6/c1-18(2)24(25(32)30-22(26(33)35-4)15-20-11-7-5-8-12-20)28-16-23(31)19(3)29-27(34)36-17-21-13-9-6-10-14-21/h5-14,18-19,22,24,28H,15-17H2,1-4H3,(H,29,34)(H,30,32)/t19-,22-,24-/m0/s1. The first kappa shape index (κ1) is 28.5. The van der Waals surface area contributed by atoms with Crippen LogP contribution in [0.1, 0.15) is 31.9 Å². The van der Waals surface area contributed by atoms with E-state index in [4.69, 9.17) is 9.47 Å². The molecule has 0 unspecified atom stereocenters. The first-order valence-electron chi connectivity index (χ1n) is 11.9. The van der Waals surface area contributed by atoms with Crippen molar-refractivity contribution in [3.8, 4) is 0 Å². The molecule has 9 heteroatoms. The molecule has 0 aromatic heterocycles. The summed E-state index contributed by atoms with van der Waals surface area (Å²) in [5.41, 5.74) is 1.70. The van der Waals surface area contributed by atoms with Gasteiger partial charge in [0.25, 0.3) is 0 Å². The SMILES string of the molecule is COC(=O)[C@H](Cc1ccccc1)NC(=O)[C@@H](NCC(=O)[C@H](C)NC(=O)OCc1ccccc1)C(C)C. The van der Waals surface area contributed by atoms with Gasteiger partial charge in [-0.05, 0) is 24.0 Å². The Kier molecular flexibility index (Phi) is 11.6. The Bertz CT molecular complexity index is 997. The predicted octanol–water partition coefficient (Wildman–Crippen LogP) is 2.39. The Balaban J connectivity index is 1.89. The summed E-state index contributed by atoms with van der Waals surface area (Å²) in [6, 6.07) is 16.0. The van der Waals surface area contributed by atoms with E-state index in [9.17, 15) is 19.2 Å². The first-order valence-corrected chi connectivity index (χ1v) is 11.9. The molecule has 2 rings (SSSR count). The van der Waals surface area contributed by atoms with E-state index in [0.717, 1.165) is 11.1 Å². The summed E-state index contributed by atoms with van der Waals surface area (Å²) in [7, 11) is 1.27. The van der Waals surface area contributed by atoms with Gasteiger partial charge >= 0.3 is 12.1 Å². The second-order valence-electron chi connectivity index (χ2n) is 8.77. The number of hydrogen-bond acceptors (Lipinski definition) is 7. The van der Waals surface area contributed by atoms with Gasteiger partial charge in [0.05, 0.1) is 25.7 Å². The Labute approximate surface area is 211 Å². The van der Waals surface area contributed by atoms with Gasteiger partial charge in [-0.15, -0.1) is 0 Å². The fourth-order valence-electron chi connectivity index (χ4n) is 3.46. The van der Waals surface area contributed by atoms with Crippen LogP contribution in [0.2, 0.25) is 0 Å². The zero-order chi connectivity index (χ0) is 26.5. The molecule has 3 N–H and O–H groups in total. The minimum Gasteiger partial charge on any atom is -0.467 e. The Morgan fingerprint density at radius 3 is 1.97 bits per heavy atom. The summed E-state index contributed by atoms with van der Waals surface area (Å²) in [6.45, 7) is 5.14. The minimum absolute atomic E-state index is 0.0891. The fraction of sp³-hybridized carbons (Fsp3) is 0.407. The molecule has 2 aromatic rings. The highest BCUT2D eigenvalue weighted by Gasteiger charge is 2.29. The number of carbonyl (C=O) groups is 4. The lowest BCUT2D eigenvalue weighted by Gasteiger charge is -2.25. The summed E-state index contributed by atoms with van der Waals surface area (Å²) in [5.74, 6) is -1.48. The van der Waals surface area contributed by atoms with Crippen LogP contribution < -0.4 is 16.0 Å². The lowest BCUT2D eigenvalue weighted by molar-refractivity contribution is -0.145. The molecular formula is C27H35N3O6. The highest BCUT2D eigenvalue weighted by molar-refractivity contribution is 5.90. The fourth-order valence-corrected chi connectivity index (χ4v) is 3.46. The average molecular weight is 498 g/mol. The van der Waals surface area contributed by atoms with E-state index < -0.39 is 36.1 Å². The van der Waals surface area contributed by atoms with Crippen LogP contribution in [0.5, 0.6) is 0 Å². The van der Waals surface area contributed by atoms with Gasteiger partial charge in [-0.25, -0.2) is 9.59 Å². The summed E-state index contributed by atoms with van der Waals surface area (Å²) in [6.07, 6.45) is -0.436. The highest BCUT2D eigenvalue weighted by Crippen LogP contribution is 2.08. The van der Waals surface area contributed by atoms with Crippen molar-refractivity contribution in [3.63, 3.8) is 0 Å². The number of ketones is 1. The Morgan fingerprint density at radius 2 is 1.42 bits per heavy atom. The summed E-state index contributed by atoms with van der Waals surface area (Å²) in [5, 5.41) is 8.19. The molecule has 3 atom stereocenters. The lowest BCUT2D eigenvalue weighted by atomic mass is 10.0. The van der Waals surface area contributed by atoms with Crippen LogP contribution in [0.4, 0.5) is 4.79 Å². The molecule has 0 spiro atoms. The molecule has 0 heterocycles. The molecular weight excluding hydrogens is 462 g/mol. The van der Waals surface area contributed by atoms with Crippen LogP contribution in [0.25, 0.3) is 0 Å². The van der Waals surface area contributed by atoms with Crippen molar-refractivity contribution < 1.29 is 28.7 Å². The second-order valence-corrected chi connectivity index (χ2v) is 8.77. The predicted molar refractivity (Wildman–Crippen MR) is 135 cm³/mol. The quantitative estimate of drug-likeness (QED) is 0.363. The number of methoxy groups -OCH3 is 1. The third kappa shape index (κ3) is 9.50. The number of nitrogens with one attached hydrogen (secondary N) is 3. The van der Waals surface area contributed by atoms with Crippen LogP contribution in [0, 0.1) is 5.92 Å². The molecule has 0 bridgehead atoms. The molecule has 194 valence electrons. The van der Waals surface area contributed by atoms with Gasteiger partial charge in [0.1, 0.15) is 12.6 Å². The van der Waals surface area contributed by atoms with Crippen molar-refractivity contribution in [2.45, 2.75) is 51.9 Å². The van der Waals surface area contributed by atoms with E-state index in [-0.39, 0.29) is 31.3 Å². The van der Waals surface area contributed by atoms with Crippen LogP contribution in [-0.2, 0) is 36.9 Å². The van der Waals surface area contributed by atoms with Gasteiger partial charge in [-0.3, -0.25) is 14.9 Å². The molecule has 2 amide bonds.